The highest BCUT2D eigenvalue weighted by Gasteiger charge is 2.44. The second kappa shape index (κ2) is 45.0. The molecule has 1 aliphatic rings. The van der Waals surface area contributed by atoms with E-state index in [4.69, 9.17) is 9.47 Å². The Morgan fingerprint density at radius 2 is 1.00 bits per heavy atom. The zero-order valence-corrected chi connectivity index (χ0v) is 42.4. The molecule has 1 fully saturated rings. The normalized spacial score (nSPS) is 21.1. The van der Waals surface area contributed by atoms with E-state index in [1.54, 1.807) is 0 Å². The zero-order valence-electron chi connectivity index (χ0n) is 42.4. The monoisotopic (exact) mass is 948 g/mol. The Labute approximate surface area is 408 Å². The number of ether oxygens (including phenoxy) is 2. The Kier molecular flexibility index (Phi) is 42.2. The average Bonchev–Trinajstić information content (AvgIpc) is 3.33. The number of rotatable bonds is 45. The quantitative estimate of drug-likeness (QED) is 0.0215. The standard InChI is InChI=1S/C56H101NO10/c1-3-5-7-9-11-13-15-17-18-19-20-21-22-23-24-25-26-27-28-29-30-31-32-34-36-38-40-42-44-49(60)55(65)57-47(46-66-56-54(64)53(63)52(62)50(45-58)67-56)51(61)48(59)43-41-39-37-35-33-16-14-12-10-8-6-4-2/h4,6,12,14,20-21,23-24,35,37,47-54,56,58-64H,3,5,7-11,13,15-19,22,25-34,36,38-46H2,1-2H3,(H,57,65)/b6-4+,14-12+,21-20-,24-23-,37-35+. The van der Waals surface area contributed by atoms with Crippen molar-refractivity contribution in [3.8, 4) is 0 Å². The number of carbonyl (C=O) groups excluding carboxylic acids is 1. The third-order valence-corrected chi connectivity index (χ3v) is 12.8. The molecule has 1 rings (SSSR count). The molecular formula is C56H101NO10. The van der Waals surface area contributed by atoms with Crippen molar-refractivity contribution in [2.75, 3.05) is 13.2 Å². The Morgan fingerprint density at radius 1 is 0.552 bits per heavy atom. The smallest absolute Gasteiger partial charge is 0.249 e. The van der Waals surface area contributed by atoms with Gasteiger partial charge in [-0.3, -0.25) is 4.79 Å². The summed E-state index contributed by atoms with van der Waals surface area (Å²) in [6.07, 6.45) is 45.9. The number of hydrogen-bond acceptors (Lipinski definition) is 10. The molecule has 9 unspecified atom stereocenters. The van der Waals surface area contributed by atoms with Gasteiger partial charge in [0.05, 0.1) is 25.4 Å². The van der Waals surface area contributed by atoms with Gasteiger partial charge in [0.2, 0.25) is 5.91 Å². The van der Waals surface area contributed by atoms with Crippen molar-refractivity contribution in [3.05, 3.63) is 60.8 Å². The summed E-state index contributed by atoms with van der Waals surface area (Å²) in [4.78, 5) is 13.1. The first-order valence-corrected chi connectivity index (χ1v) is 27.2. The maximum absolute atomic E-state index is 13.1. The van der Waals surface area contributed by atoms with E-state index in [-0.39, 0.29) is 12.8 Å². The highest BCUT2D eigenvalue weighted by Crippen LogP contribution is 2.23. The molecule has 0 aromatic carbocycles. The van der Waals surface area contributed by atoms with Crippen molar-refractivity contribution in [1.29, 1.82) is 0 Å². The summed E-state index contributed by atoms with van der Waals surface area (Å²) in [7, 11) is 0. The van der Waals surface area contributed by atoms with Crippen LogP contribution in [0.4, 0.5) is 0 Å². The molecule has 0 aromatic rings. The first-order chi connectivity index (χ1) is 32.7. The maximum Gasteiger partial charge on any atom is 0.249 e. The predicted molar refractivity (Wildman–Crippen MR) is 274 cm³/mol. The van der Waals surface area contributed by atoms with E-state index < -0.39 is 74.2 Å². The summed E-state index contributed by atoms with van der Waals surface area (Å²) in [5, 5.41) is 75.8. The number of carbonyl (C=O) groups is 1. The molecule has 67 heavy (non-hydrogen) atoms. The molecular weight excluding hydrogens is 847 g/mol. The molecule has 390 valence electrons. The highest BCUT2D eigenvalue weighted by molar-refractivity contribution is 5.80. The van der Waals surface area contributed by atoms with Crippen LogP contribution in [-0.2, 0) is 14.3 Å². The number of aliphatic hydroxyl groups excluding tert-OH is 7. The molecule has 1 saturated heterocycles. The molecule has 0 spiro atoms. The fraction of sp³-hybridized carbons (Fsp3) is 0.804. The van der Waals surface area contributed by atoms with E-state index in [9.17, 15) is 40.5 Å². The Bertz CT molecular complexity index is 1270. The van der Waals surface area contributed by atoms with Gasteiger partial charge in [0.15, 0.2) is 6.29 Å². The minimum Gasteiger partial charge on any atom is -0.394 e. The van der Waals surface area contributed by atoms with Crippen LogP contribution in [0.25, 0.3) is 0 Å². The summed E-state index contributed by atoms with van der Waals surface area (Å²) in [6, 6.07) is -1.20. The zero-order chi connectivity index (χ0) is 49.0. The molecule has 11 nitrogen and oxygen atoms in total. The lowest BCUT2D eigenvalue weighted by Gasteiger charge is -2.40. The van der Waals surface area contributed by atoms with Crippen LogP contribution in [0.15, 0.2) is 60.8 Å². The van der Waals surface area contributed by atoms with Gasteiger partial charge in [0.25, 0.3) is 0 Å². The van der Waals surface area contributed by atoms with Crippen molar-refractivity contribution in [2.24, 2.45) is 0 Å². The van der Waals surface area contributed by atoms with Crippen LogP contribution < -0.4 is 5.32 Å². The third-order valence-electron chi connectivity index (χ3n) is 12.8. The van der Waals surface area contributed by atoms with Gasteiger partial charge in [-0.2, -0.15) is 0 Å². The van der Waals surface area contributed by atoms with Gasteiger partial charge < -0.3 is 50.5 Å². The number of unbranched alkanes of at least 4 members (excludes halogenated alkanes) is 24. The van der Waals surface area contributed by atoms with E-state index >= 15 is 0 Å². The van der Waals surface area contributed by atoms with Gasteiger partial charge >= 0.3 is 0 Å². The molecule has 0 radical (unpaired) electrons. The van der Waals surface area contributed by atoms with Crippen LogP contribution in [0.1, 0.15) is 219 Å². The summed E-state index contributed by atoms with van der Waals surface area (Å²) >= 11 is 0. The highest BCUT2D eigenvalue weighted by atomic mass is 16.7. The van der Waals surface area contributed by atoms with Crippen molar-refractivity contribution >= 4 is 5.91 Å². The number of allylic oxidation sites excluding steroid dienone is 10. The average molecular weight is 948 g/mol. The number of aliphatic hydroxyl groups is 7. The SMILES string of the molecule is C/C=C/CC/C=C/CC/C=C/CCCC(O)C(O)C(COC1OC(CO)C(O)C(O)C1O)NC(=O)C(O)CCCCCCCCCCCCCC/C=C\C/C=C\CCCCCCCCCCC. The largest absolute Gasteiger partial charge is 0.394 e. The molecule has 1 heterocycles. The fourth-order valence-electron chi connectivity index (χ4n) is 8.39. The lowest BCUT2D eigenvalue weighted by atomic mass is 9.98. The molecule has 9 atom stereocenters. The van der Waals surface area contributed by atoms with Crippen LogP contribution in [-0.4, -0.2) is 110 Å². The Morgan fingerprint density at radius 3 is 1.51 bits per heavy atom. The topological polar surface area (TPSA) is 189 Å². The molecule has 8 N–H and O–H groups in total. The van der Waals surface area contributed by atoms with E-state index in [1.807, 2.05) is 13.0 Å². The van der Waals surface area contributed by atoms with E-state index in [2.05, 4.69) is 66.9 Å². The van der Waals surface area contributed by atoms with Crippen molar-refractivity contribution in [3.63, 3.8) is 0 Å². The van der Waals surface area contributed by atoms with Crippen LogP contribution in [0.5, 0.6) is 0 Å². The first-order valence-electron chi connectivity index (χ1n) is 27.2. The van der Waals surface area contributed by atoms with Gasteiger partial charge in [-0.15, -0.1) is 0 Å². The number of amides is 1. The molecule has 0 aliphatic carbocycles. The molecule has 1 amide bonds. The number of hydrogen-bond donors (Lipinski definition) is 8. The second-order valence-corrected chi connectivity index (χ2v) is 18.9. The molecule has 1 aliphatic heterocycles. The third kappa shape index (κ3) is 33.9. The first kappa shape index (κ1) is 62.8. The van der Waals surface area contributed by atoms with E-state index in [1.165, 1.54) is 122 Å². The van der Waals surface area contributed by atoms with Crippen molar-refractivity contribution < 1.29 is 50.0 Å². The Balaban J connectivity index is 2.28. The molecule has 0 aromatic heterocycles. The van der Waals surface area contributed by atoms with Crippen molar-refractivity contribution in [1.82, 2.24) is 5.32 Å². The van der Waals surface area contributed by atoms with Crippen LogP contribution in [0.3, 0.4) is 0 Å². The van der Waals surface area contributed by atoms with Crippen LogP contribution in [0, 0.1) is 0 Å². The van der Waals surface area contributed by atoms with Crippen LogP contribution in [0.2, 0.25) is 0 Å². The van der Waals surface area contributed by atoms with Gasteiger partial charge in [0.1, 0.15) is 36.6 Å². The lowest BCUT2D eigenvalue weighted by molar-refractivity contribution is -0.303. The fourth-order valence-corrected chi connectivity index (χ4v) is 8.39. The Hall–Kier alpha value is -2.19. The number of nitrogens with one attached hydrogen (secondary N) is 1. The van der Waals surface area contributed by atoms with Crippen molar-refractivity contribution in [2.45, 2.75) is 274 Å². The van der Waals surface area contributed by atoms with Gasteiger partial charge in [-0.1, -0.05) is 190 Å². The van der Waals surface area contributed by atoms with E-state index in [0.29, 0.717) is 19.3 Å². The second-order valence-electron chi connectivity index (χ2n) is 18.9. The minimum absolute atomic E-state index is 0.238. The minimum atomic E-state index is -1.67. The van der Waals surface area contributed by atoms with Gasteiger partial charge in [-0.25, -0.2) is 0 Å². The van der Waals surface area contributed by atoms with Gasteiger partial charge in [0, 0.05) is 0 Å². The van der Waals surface area contributed by atoms with Crippen LogP contribution >= 0.6 is 0 Å². The summed E-state index contributed by atoms with van der Waals surface area (Å²) < 4.78 is 11.1. The molecule has 0 saturated carbocycles. The summed E-state index contributed by atoms with van der Waals surface area (Å²) in [5.41, 5.74) is 0. The summed E-state index contributed by atoms with van der Waals surface area (Å²) in [5.74, 6) is -0.716. The maximum atomic E-state index is 13.1. The summed E-state index contributed by atoms with van der Waals surface area (Å²) in [6.45, 7) is 3.20. The lowest BCUT2D eigenvalue weighted by Crippen LogP contribution is -2.60. The van der Waals surface area contributed by atoms with Gasteiger partial charge in [-0.05, 0) is 90.4 Å². The molecule has 11 heteroatoms. The molecule has 0 bridgehead atoms. The van der Waals surface area contributed by atoms with E-state index in [0.717, 1.165) is 51.4 Å². The predicted octanol–water partition coefficient (Wildman–Crippen LogP) is 10.7.